The zero-order valence-corrected chi connectivity index (χ0v) is 21.0. The fraction of sp³-hybridized carbons (Fsp3) is 0.462. The maximum atomic E-state index is 13.0. The van der Waals surface area contributed by atoms with Crippen LogP contribution in [0.15, 0.2) is 58.8 Å². The minimum absolute atomic E-state index is 0.147. The number of nitrogens with zero attached hydrogens (tertiary/aromatic N) is 7. The molecule has 0 radical (unpaired) electrons. The van der Waals surface area contributed by atoms with Crippen LogP contribution >= 0.6 is 0 Å². The second-order valence-electron chi connectivity index (χ2n) is 9.23. The van der Waals surface area contributed by atoms with Gasteiger partial charge in [0, 0.05) is 35.9 Å². The molecule has 2 atom stereocenters. The van der Waals surface area contributed by atoms with E-state index in [1.165, 1.54) is 5.01 Å². The number of aromatic nitrogens is 5. The first kappa shape index (κ1) is 23.9. The number of hydrazone groups is 1. The molecule has 5 rings (SSSR count). The Morgan fingerprint density at radius 2 is 1.92 bits per heavy atom. The van der Waals surface area contributed by atoms with Crippen LogP contribution in [0.1, 0.15) is 63.5 Å². The third-order valence-corrected chi connectivity index (χ3v) is 7.41. The molecular weight excluding hydrogens is 456 g/mol. The van der Waals surface area contributed by atoms with E-state index in [0.717, 1.165) is 29.8 Å². The van der Waals surface area contributed by atoms with Crippen molar-refractivity contribution >= 4 is 17.5 Å². The lowest BCUT2D eigenvalue weighted by molar-refractivity contribution is 0.0860. The number of rotatable bonds is 8. The highest BCUT2D eigenvalue weighted by molar-refractivity contribution is 6.02. The Kier molecular flexibility index (Phi) is 6.67. The van der Waals surface area contributed by atoms with Crippen molar-refractivity contribution in [2.24, 2.45) is 10.1 Å². The summed E-state index contributed by atoms with van der Waals surface area (Å²) in [5.41, 5.74) is 3.75. The Bertz CT molecular complexity index is 1240. The summed E-state index contributed by atoms with van der Waals surface area (Å²) in [5, 5.41) is 18.6. The van der Waals surface area contributed by atoms with Crippen LogP contribution < -0.4 is 0 Å². The number of fused-ring (bicyclic) bond motifs is 1. The molecule has 0 saturated carbocycles. The molecule has 2 aliphatic rings. The summed E-state index contributed by atoms with van der Waals surface area (Å²) in [6, 6.07) is 13.8. The summed E-state index contributed by atoms with van der Waals surface area (Å²) < 4.78 is 7.11. The molecule has 10 nitrogen and oxygen atoms in total. The maximum absolute atomic E-state index is 13.0. The predicted molar refractivity (Wildman–Crippen MR) is 136 cm³/mol. The van der Waals surface area contributed by atoms with E-state index in [4.69, 9.17) is 14.8 Å². The number of H-pyrrole nitrogens is 1. The molecule has 2 aromatic heterocycles. The van der Waals surface area contributed by atoms with Crippen LogP contribution in [0.5, 0.6) is 0 Å². The number of tetrazole rings is 1. The number of aromatic amines is 1. The summed E-state index contributed by atoms with van der Waals surface area (Å²) >= 11 is 0. The van der Waals surface area contributed by atoms with Crippen LogP contribution in [0.3, 0.4) is 0 Å². The summed E-state index contributed by atoms with van der Waals surface area (Å²) in [6.45, 7) is 6.96. The van der Waals surface area contributed by atoms with Gasteiger partial charge in [-0.2, -0.15) is 10.1 Å². The molecule has 10 heteroatoms. The van der Waals surface area contributed by atoms with E-state index in [0.29, 0.717) is 30.9 Å². The van der Waals surface area contributed by atoms with Crippen LogP contribution in [0, 0.1) is 0 Å². The van der Waals surface area contributed by atoms with E-state index in [1.54, 1.807) is 11.6 Å². The van der Waals surface area contributed by atoms with Crippen molar-refractivity contribution in [1.29, 1.82) is 0 Å². The average Bonchev–Trinajstić information content (AvgIpc) is 3.67. The quantitative estimate of drug-likeness (QED) is 0.516. The van der Waals surface area contributed by atoms with Gasteiger partial charge in [0.1, 0.15) is 5.71 Å². The van der Waals surface area contributed by atoms with Gasteiger partial charge in [0.25, 0.3) is 0 Å². The molecule has 0 aliphatic carbocycles. The Labute approximate surface area is 210 Å². The molecule has 0 fully saturated rings. The fourth-order valence-electron chi connectivity index (χ4n) is 5.46. The van der Waals surface area contributed by atoms with Crippen LogP contribution in [0.25, 0.3) is 0 Å². The second-order valence-corrected chi connectivity index (χ2v) is 9.23. The van der Waals surface area contributed by atoms with E-state index in [-0.39, 0.29) is 24.1 Å². The van der Waals surface area contributed by atoms with E-state index in [2.05, 4.69) is 40.4 Å². The van der Waals surface area contributed by atoms with Gasteiger partial charge in [0.2, 0.25) is 0 Å². The highest BCUT2D eigenvalue weighted by atomic mass is 16.6. The molecule has 188 valence electrons. The molecule has 3 aromatic rings. The average molecular weight is 489 g/mol. The Morgan fingerprint density at radius 1 is 1.11 bits per heavy atom. The summed E-state index contributed by atoms with van der Waals surface area (Å²) in [6.07, 6.45) is 4.50. The van der Waals surface area contributed by atoms with Crippen molar-refractivity contribution in [2.45, 2.75) is 70.5 Å². The SMILES string of the molecule is CCOC(=O)N1N=C(c2nnnn2Cc2ccccc2)CC2N=C(C(CC)(CC)c3ccc[nH]3)CC21. The van der Waals surface area contributed by atoms with Gasteiger partial charge in [0.15, 0.2) is 5.82 Å². The number of amides is 1. The molecule has 0 spiro atoms. The Morgan fingerprint density at radius 3 is 2.61 bits per heavy atom. The lowest BCUT2D eigenvalue weighted by atomic mass is 9.73. The second kappa shape index (κ2) is 10.0. The maximum Gasteiger partial charge on any atom is 0.430 e. The summed E-state index contributed by atoms with van der Waals surface area (Å²) in [4.78, 5) is 21.7. The standard InChI is InChI=1S/C26H32N8O2/c1-4-26(5-2,22-13-10-14-27-22)23-16-21-19(28-23)15-20(30-34(21)25(35)36-6-3)24-29-31-32-33(24)17-18-11-8-7-9-12-18/h7-14,19,21,27H,4-6,15-17H2,1-3H3. The van der Waals surface area contributed by atoms with Gasteiger partial charge < -0.3 is 9.72 Å². The van der Waals surface area contributed by atoms with Gasteiger partial charge in [-0.25, -0.2) is 9.48 Å². The monoisotopic (exact) mass is 488 g/mol. The number of nitrogens with one attached hydrogen (secondary N) is 1. The van der Waals surface area contributed by atoms with Gasteiger partial charge in [0.05, 0.1) is 25.2 Å². The van der Waals surface area contributed by atoms with Crippen molar-refractivity contribution in [3.63, 3.8) is 0 Å². The van der Waals surface area contributed by atoms with Crippen molar-refractivity contribution in [3.05, 3.63) is 65.7 Å². The van der Waals surface area contributed by atoms with Crippen LogP contribution in [-0.2, 0) is 16.7 Å². The number of carbonyl (C=O) groups excluding carboxylic acids is 1. The van der Waals surface area contributed by atoms with E-state index >= 15 is 0 Å². The first-order chi connectivity index (χ1) is 17.6. The minimum atomic E-state index is -0.471. The number of benzene rings is 1. The number of carbonyl (C=O) groups is 1. The third kappa shape index (κ3) is 4.20. The molecule has 36 heavy (non-hydrogen) atoms. The molecule has 1 amide bonds. The smallest absolute Gasteiger partial charge is 0.430 e. The summed E-state index contributed by atoms with van der Waals surface area (Å²) in [7, 11) is 0. The number of hydrogen-bond donors (Lipinski definition) is 1. The third-order valence-electron chi connectivity index (χ3n) is 7.41. The van der Waals surface area contributed by atoms with Gasteiger partial charge >= 0.3 is 6.09 Å². The minimum Gasteiger partial charge on any atom is -0.448 e. The molecule has 2 unspecified atom stereocenters. The van der Waals surface area contributed by atoms with E-state index in [9.17, 15) is 4.79 Å². The molecule has 2 aliphatic heterocycles. The lowest BCUT2D eigenvalue weighted by Gasteiger charge is -2.33. The number of ether oxygens (including phenoxy) is 1. The highest BCUT2D eigenvalue weighted by Crippen LogP contribution is 2.40. The molecule has 4 heterocycles. The Balaban J connectivity index is 1.50. The van der Waals surface area contributed by atoms with Gasteiger partial charge in [-0.05, 0) is 47.9 Å². The van der Waals surface area contributed by atoms with Crippen molar-refractivity contribution < 1.29 is 9.53 Å². The van der Waals surface area contributed by atoms with Crippen LogP contribution in [-0.4, -0.2) is 66.4 Å². The summed E-state index contributed by atoms with van der Waals surface area (Å²) in [5.74, 6) is 0.539. The van der Waals surface area contributed by atoms with Gasteiger partial charge in [-0.1, -0.05) is 44.2 Å². The zero-order chi connectivity index (χ0) is 25.1. The first-order valence-electron chi connectivity index (χ1n) is 12.6. The van der Waals surface area contributed by atoms with Gasteiger partial charge in [-0.3, -0.25) is 4.99 Å². The van der Waals surface area contributed by atoms with Crippen molar-refractivity contribution in [1.82, 2.24) is 30.2 Å². The molecule has 0 saturated heterocycles. The number of hydrogen-bond acceptors (Lipinski definition) is 7. The number of aliphatic imine (C=N–C) groups is 1. The van der Waals surface area contributed by atoms with Crippen molar-refractivity contribution in [2.75, 3.05) is 6.61 Å². The largest absolute Gasteiger partial charge is 0.448 e. The topological polar surface area (TPSA) is 114 Å². The van der Waals surface area contributed by atoms with Gasteiger partial charge in [-0.15, -0.1) is 5.10 Å². The predicted octanol–water partition coefficient (Wildman–Crippen LogP) is 3.96. The highest BCUT2D eigenvalue weighted by Gasteiger charge is 2.47. The Hall–Kier alpha value is -3.82. The van der Waals surface area contributed by atoms with E-state index < -0.39 is 6.09 Å². The van der Waals surface area contributed by atoms with Crippen LogP contribution in [0.4, 0.5) is 4.79 Å². The lowest BCUT2D eigenvalue weighted by Crippen LogP contribution is -2.47. The fourth-order valence-corrected chi connectivity index (χ4v) is 5.46. The molecule has 0 bridgehead atoms. The zero-order valence-electron chi connectivity index (χ0n) is 21.0. The van der Waals surface area contributed by atoms with Crippen LogP contribution in [0.2, 0.25) is 0 Å². The molecular formula is C26H32N8O2. The normalized spacial score (nSPS) is 19.6. The van der Waals surface area contributed by atoms with E-state index in [1.807, 2.05) is 42.6 Å². The molecule has 1 aromatic carbocycles. The molecule has 1 N–H and O–H groups in total. The van der Waals surface area contributed by atoms with Crippen molar-refractivity contribution in [3.8, 4) is 0 Å². The first-order valence-corrected chi connectivity index (χ1v) is 12.6.